The molecule has 0 atom stereocenters. The van der Waals surface area contributed by atoms with E-state index in [1.54, 1.807) is 30.3 Å². The van der Waals surface area contributed by atoms with E-state index in [0.29, 0.717) is 12.1 Å². The first-order chi connectivity index (χ1) is 16.3. The molecule has 0 radical (unpaired) electrons. The van der Waals surface area contributed by atoms with Crippen LogP contribution in [0.15, 0.2) is 60.7 Å². The van der Waals surface area contributed by atoms with Crippen LogP contribution in [-0.4, -0.2) is 16.9 Å². The van der Waals surface area contributed by atoms with Gasteiger partial charge in [0.05, 0.1) is 5.56 Å². The Bertz CT molecular complexity index is 1210. The van der Waals surface area contributed by atoms with Crippen LogP contribution in [0.1, 0.15) is 51.0 Å². The van der Waals surface area contributed by atoms with Crippen LogP contribution in [0, 0.1) is 6.92 Å². The topological polar surface area (TPSA) is 38.8 Å². The van der Waals surface area contributed by atoms with E-state index in [1.807, 2.05) is 35.2 Å². The maximum Gasteiger partial charge on any atom is 0.417 e. The van der Waals surface area contributed by atoms with Gasteiger partial charge in [0, 0.05) is 24.7 Å². The summed E-state index contributed by atoms with van der Waals surface area (Å²) in [6, 6.07) is 17.9. The zero-order chi connectivity index (χ0) is 23.9. The van der Waals surface area contributed by atoms with E-state index in [-0.39, 0.29) is 47.4 Å². The van der Waals surface area contributed by atoms with Crippen molar-refractivity contribution in [1.82, 2.24) is 4.90 Å². The Morgan fingerprint density at radius 3 is 2.21 bits per heavy atom. The molecule has 1 aliphatic carbocycles. The summed E-state index contributed by atoms with van der Waals surface area (Å²) < 4.78 is 54.5. The van der Waals surface area contributed by atoms with Gasteiger partial charge in [-0.25, -0.2) is 4.79 Å². The number of carbonyl (C=O) groups is 1. The maximum absolute atomic E-state index is 14.3. The average Bonchev–Trinajstić information content (AvgIpc) is 3.57. The van der Waals surface area contributed by atoms with Crippen molar-refractivity contribution in [2.75, 3.05) is 0 Å². The number of hydrogen-bond donors (Lipinski definition) is 0. The summed E-state index contributed by atoms with van der Waals surface area (Å²) >= 11 is 0. The number of esters is 1. The fraction of sp³-hybridized carbons (Fsp3) is 0.296. The molecule has 1 fully saturated rings. The van der Waals surface area contributed by atoms with Gasteiger partial charge in [0.2, 0.25) is 0 Å². The molecule has 0 bridgehead atoms. The largest absolute Gasteiger partial charge is 0.488 e. The first-order valence-electron chi connectivity index (χ1n) is 11.3. The van der Waals surface area contributed by atoms with Gasteiger partial charge >= 0.3 is 12.1 Å². The van der Waals surface area contributed by atoms with Crippen LogP contribution in [0.2, 0.25) is 0 Å². The van der Waals surface area contributed by atoms with Crippen molar-refractivity contribution >= 4 is 5.97 Å². The van der Waals surface area contributed by atoms with Crippen molar-refractivity contribution in [3.8, 4) is 11.5 Å². The van der Waals surface area contributed by atoms with Crippen molar-refractivity contribution in [3.05, 3.63) is 94.0 Å². The van der Waals surface area contributed by atoms with Gasteiger partial charge in [-0.2, -0.15) is 13.2 Å². The number of halogens is 3. The van der Waals surface area contributed by atoms with Crippen LogP contribution in [0.5, 0.6) is 11.5 Å². The molecule has 0 unspecified atom stereocenters. The molecule has 3 aromatic carbocycles. The number of benzene rings is 3. The molecule has 3 aromatic rings. The van der Waals surface area contributed by atoms with Gasteiger partial charge in [-0.1, -0.05) is 48.5 Å². The molecule has 1 saturated carbocycles. The van der Waals surface area contributed by atoms with Gasteiger partial charge < -0.3 is 9.47 Å². The zero-order valence-electron chi connectivity index (χ0n) is 18.7. The highest BCUT2D eigenvalue weighted by atomic mass is 19.4. The highest BCUT2D eigenvalue weighted by Gasteiger charge is 2.45. The fourth-order valence-electron chi connectivity index (χ4n) is 4.63. The molecule has 1 heterocycles. The monoisotopic (exact) mass is 467 g/mol. The third kappa shape index (κ3) is 4.40. The highest BCUT2D eigenvalue weighted by Crippen LogP contribution is 2.48. The van der Waals surface area contributed by atoms with E-state index in [1.165, 1.54) is 6.92 Å². The van der Waals surface area contributed by atoms with Crippen molar-refractivity contribution in [2.45, 2.75) is 51.7 Å². The van der Waals surface area contributed by atoms with Crippen molar-refractivity contribution in [3.63, 3.8) is 0 Å². The second-order valence-corrected chi connectivity index (χ2v) is 8.77. The number of nitrogens with zero attached hydrogens (tertiary/aromatic N) is 1. The summed E-state index contributed by atoms with van der Waals surface area (Å²) in [5.41, 5.74) is 0.416. The van der Waals surface area contributed by atoms with E-state index >= 15 is 0 Å². The lowest BCUT2D eigenvalue weighted by Gasteiger charge is -2.22. The first-order valence-corrected chi connectivity index (χ1v) is 11.3. The minimum absolute atomic E-state index is 0.132. The highest BCUT2D eigenvalue weighted by molar-refractivity contribution is 5.97. The van der Waals surface area contributed by atoms with Crippen LogP contribution in [0.25, 0.3) is 0 Å². The molecule has 5 rings (SSSR count). The standard InChI is InChI=1S/C27H24F3NO3/c1-17-23(26(32)34-20-10-6-3-7-11-20)25(33-16-18-8-4-2-5-9-18)22-15-31(19-12-13-19)14-21(22)24(17)27(28,29)30/h2-11,19H,12-16H2,1H3. The van der Waals surface area contributed by atoms with Gasteiger partial charge in [-0.15, -0.1) is 0 Å². The molecule has 4 nitrogen and oxygen atoms in total. The van der Waals surface area contributed by atoms with Crippen LogP contribution in [-0.2, 0) is 25.9 Å². The third-order valence-electron chi connectivity index (χ3n) is 6.37. The van der Waals surface area contributed by atoms with Crippen molar-refractivity contribution in [1.29, 1.82) is 0 Å². The molecule has 2 aliphatic rings. The summed E-state index contributed by atoms with van der Waals surface area (Å²) in [4.78, 5) is 15.3. The number of carbonyl (C=O) groups excluding carboxylic acids is 1. The molecule has 34 heavy (non-hydrogen) atoms. The lowest BCUT2D eigenvalue weighted by atomic mass is 9.91. The summed E-state index contributed by atoms with van der Waals surface area (Å²) in [6.07, 6.45) is -2.66. The van der Waals surface area contributed by atoms with Crippen LogP contribution < -0.4 is 9.47 Å². The predicted molar refractivity (Wildman–Crippen MR) is 121 cm³/mol. The lowest BCUT2D eigenvalue weighted by Crippen LogP contribution is -2.20. The number of hydrogen-bond acceptors (Lipinski definition) is 4. The molecule has 0 aromatic heterocycles. The van der Waals surface area contributed by atoms with E-state index in [4.69, 9.17) is 9.47 Å². The Morgan fingerprint density at radius 2 is 1.59 bits per heavy atom. The van der Waals surface area contributed by atoms with Gasteiger partial charge in [0.1, 0.15) is 23.7 Å². The Kier molecular flexibility index (Phi) is 5.81. The van der Waals surface area contributed by atoms with Crippen LogP contribution in [0.4, 0.5) is 13.2 Å². The minimum Gasteiger partial charge on any atom is -0.488 e. The first kappa shape index (κ1) is 22.5. The third-order valence-corrected chi connectivity index (χ3v) is 6.37. The molecule has 0 N–H and O–H groups in total. The number of ether oxygens (including phenoxy) is 2. The average molecular weight is 467 g/mol. The van der Waals surface area contributed by atoms with E-state index < -0.39 is 17.7 Å². The second-order valence-electron chi connectivity index (χ2n) is 8.77. The predicted octanol–water partition coefficient (Wildman–Crippen LogP) is 6.29. The summed E-state index contributed by atoms with van der Waals surface area (Å²) in [7, 11) is 0. The van der Waals surface area contributed by atoms with E-state index in [0.717, 1.165) is 18.4 Å². The van der Waals surface area contributed by atoms with Crippen LogP contribution >= 0.6 is 0 Å². The zero-order valence-corrected chi connectivity index (χ0v) is 18.7. The number of para-hydroxylation sites is 1. The van der Waals surface area contributed by atoms with E-state index in [9.17, 15) is 18.0 Å². The molecule has 176 valence electrons. The van der Waals surface area contributed by atoms with Gasteiger partial charge in [0.15, 0.2) is 0 Å². The Hall–Kier alpha value is -3.32. The van der Waals surface area contributed by atoms with Gasteiger partial charge in [0.25, 0.3) is 0 Å². The number of fused-ring (bicyclic) bond motifs is 1. The molecule has 0 amide bonds. The Balaban J connectivity index is 1.62. The molecule has 7 heteroatoms. The normalized spacial score (nSPS) is 15.8. The fourth-order valence-corrected chi connectivity index (χ4v) is 4.63. The second kappa shape index (κ2) is 8.80. The Morgan fingerprint density at radius 1 is 0.971 bits per heavy atom. The van der Waals surface area contributed by atoms with Crippen molar-refractivity contribution in [2.24, 2.45) is 0 Å². The summed E-state index contributed by atoms with van der Waals surface area (Å²) in [5.74, 6) is -0.409. The van der Waals surface area contributed by atoms with Gasteiger partial charge in [-0.05, 0) is 48.6 Å². The molecule has 1 aliphatic heterocycles. The Labute approximate surface area is 195 Å². The molecule has 0 spiro atoms. The van der Waals surface area contributed by atoms with Gasteiger partial charge in [-0.3, -0.25) is 4.90 Å². The minimum atomic E-state index is -4.60. The van der Waals surface area contributed by atoms with E-state index in [2.05, 4.69) is 0 Å². The summed E-state index contributed by atoms with van der Waals surface area (Å²) in [5, 5.41) is 0. The van der Waals surface area contributed by atoms with Crippen LogP contribution in [0.3, 0.4) is 0 Å². The molecule has 0 saturated heterocycles. The molecular formula is C27H24F3NO3. The summed E-state index contributed by atoms with van der Waals surface area (Å²) in [6.45, 7) is 1.98. The smallest absolute Gasteiger partial charge is 0.417 e. The SMILES string of the molecule is Cc1c(C(=O)Oc2ccccc2)c(OCc2ccccc2)c2c(c1C(F)(F)F)CN(C1CC1)C2. The number of alkyl halides is 3. The quantitative estimate of drug-likeness (QED) is 0.316. The lowest BCUT2D eigenvalue weighted by molar-refractivity contribution is -0.138. The number of rotatable bonds is 6. The van der Waals surface area contributed by atoms with Crippen molar-refractivity contribution < 1.29 is 27.4 Å². The molecular weight excluding hydrogens is 443 g/mol. The maximum atomic E-state index is 14.3.